The van der Waals surface area contributed by atoms with Crippen LogP contribution in [0, 0.1) is 5.92 Å². The number of aromatic amines is 1. The number of H-pyrrole nitrogens is 1. The summed E-state index contributed by atoms with van der Waals surface area (Å²) < 4.78 is 0. The lowest BCUT2D eigenvalue weighted by molar-refractivity contribution is -0.117. The third-order valence-electron chi connectivity index (χ3n) is 3.69. The van der Waals surface area contributed by atoms with Crippen LogP contribution < -0.4 is 10.6 Å². The smallest absolute Gasteiger partial charge is 0.321 e. The van der Waals surface area contributed by atoms with Crippen molar-refractivity contribution >= 4 is 23.7 Å². The molecule has 0 aliphatic rings. The number of rotatable bonds is 8. The SMILES string of the molecule is CCc1ccc(-c2nc(SCC(=O)NC(=O)NCCC(C)C)n[nH]2)cc1. The first kappa shape index (κ1) is 20.0. The molecule has 26 heavy (non-hydrogen) atoms. The minimum absolute atomic E-state index is 0.0731. The number of amides is 3. The third-order valence-corrected chi connectivity index (χ3v) is 4.54. The molecule has 0 aliphatic heterocycles. The Labute approximate surface area is 157 Å². The molecule has 0 aliphatic carbocycles. The summed E-state index contributed by atoms with van der Waals surface area (Å²) in [7, 11) is 0. The minimum atomic E-state index is -0.470. The van der Waals surface area contributed by atoms with E-state index in [9.17, 15) is 9.59 Å². The average molecular weight is 375 g/mol. The van der Waals surface area contributed by atoms with E-state index in [-0.39, 0.29) is 11.7 Å². The zero-order valence-electron chi connectivity index (χ0n) is 15.3. The number of hydrogen-bond acceptors (Lipinski definition) is 5. The zero-order chi connectivity index (χ0) is 18.9. The van der Waals surface area contributed by atoms with E-state index >= 15 is 0 Å². The summed E-state index contributed by atoms with van der Waals surface area (Å²) in [5.74, 6) is 0.848. The number of carbonyl (C=O) groups is 2. The first-order valence-corrected chi connectivity index (χ1v) is 9.68. The summed E-state index contributed by atoms with van der Waals surface area (Å²) in [6.07, 6.45) is 1.85. The van der Waals surface area contributed by atoms with E-state index in [1.807, 2.05) is 12.1 Å². The normalized spacial score (nSPS) is 10.8. The maximum atomic E-state index is 11.8. The van der Waals surface area contributed by atoms with E-state index in [1.165, 1.54) is 17.3 Å². The Kier molecular flexibility index (Phi) is 7.65. The van der Waals surface area contributed by atoms with Gasteiger partial charge in [0, 0.05) is 12.1 Å². The fraction of sp³-hybridized carbons (Fsp3) is 0.444. The highest BCUT2D eigenvalue weighted by atomic mass is 32.2. The van der Waals surface area contributed by atoms with Crippen molar-refractivity contribution in [2.24, 2.45) is 5.92 Å². The van der Waals surface area contributed by atoms with Gasteiger partial charge in [0.25, 0.3) is 0 Å². The molecule has 2 aromatic rings. The second kappa shape index (κ2) is 9.96. The summed E-state index contributed by atoms with van der Waals surface area (Å²) in [5, 5.41) is 12.4. The van der Waals surface area contributed by atoms with Crippen molar-refractivity contribution in [2.45, 2.75) is 38.8 Å². The third kappa shape index (κ3) is 6.51. The highest BCUT2D eigenvalue weighted by molar-refractivity contribution is 7.99. The van der Waals surface area contributed by atoms with Gasteiger partial charge in [0.1, 0.15) is 0 Å². The molecule has 0 saturated heterocycles. The van der Waals surface area contributed by atoms with E-state index < -0.39 is 6.03 Å². The lowest BCUT2D eigenvalue weighted by atomic mass is 10.1. The molecule has 1 aromatic heterocycles. The second-order valence-electron chi connectivity index (χ2n) is 6.29. The molecule has 0 atom stereocenters. The molecule has 0 fully saturated rings. The molecule has 3 amide bonds. The van der Waals surface area contributed by atoms with Crippen LogP contribution in [0.15, 0.2) is 29.4 Å². The van der Waals surface area contributed by atoms with Crippen LogP contribution in [0.1, 0.15) is 32.8 Å². The summed E-state index contributed by atoms with van der Waals surface area (Å²) >= 11 is 1.18. The second-order valence-corrected chi connectivity index (χ2v) is 7.23. The van der Waals surface area contributed by atoms with Crippen LogP contribution in [0.3, 0.4) is 0 Å². The fourth-order valence-corrected chi connectivity index (χ4v) is 2.75. The molecule has 0 radical (unpaired) electrons. The van der Waals surface area contributed by atoms with E-state index in [4.69, 9.17) is 0 Å². The summed E-state index contributed by atoms with van der Waals surface area (Å²) in [4.78, 5) is 27.8. The fourth-order valence-electron chi connectivity index (χ4n) is 2.15. The highest BCUT2D eigenvalue weighted by Gasteiger charge is 2.11. The standard InChI is InChI=1S/C18H25N5O2S/c1-4-13-5-7-14(8-6-13)16-21-18(23-22-16)26-11-15(24)20-17(25)19-10-9-12(2)3/h5-8,12H,4,9-11H2,1-3H3,(H,21,22,23)(H2,19,20,24,25). The zero-order valence-corrected chi connectivity index (χ0v) is 16.2. The molecule has 1 heterocycles. The number of nitrogens with one attached hydrogen (secondary N) is 3. The average Bonchev–Trinajstić information content (AvgIpc) is 3.08. The first-order chi connectivity index (χ1) is 12.5. The van der Waals surface area contributed by atoms with Crippen molar-refractivity contribution in [1.82, 2.24) is 25.8 Å². The molecule has 8 heteroatoms. The summed E-state index contributed by atoms with van der Waals surface area (Å²) in [6.45, 7) is 6.80. The van der Waals surface area contributed by atoms with Crippen LogP contribution >= 0.6 is 11.8 Å². The van der Waals surface area contributed by atoms with E-state index in [2.05, 4.69) is 58.7 Å². The Hall–Kier alpha value is -2.35. The molecule has 0 spiro atoms. The molecule has 0 saturated carbocycles. The summed E-state index contributed by atoms with van der Waals surface area (Å²) in [5.41, 5.74) is 2.20. The Balaban J connectivity index is 1.78. The molecule has 7 nitrogen and oxygen atoms in total. The van der Waals surface area contributed by atoms with Gasteiger partial charge in [-0.25, -0.2) is 9.78 Å². The maximum Gasteiger partial charge on any atom is 0.321 e. The number of hydrogen-bond donors (Lipinski definition) is 3. The predicted molar refractivity (Wildman–Crippen MR) is 103 cm³/mol. The Morgan fingerprint density at radius 1 is 1.23 bits per heavy atom. The Bertz CT molecular complexity index is 727. The van der Waals surface area contributed by atoms with Gasteiger partial charge in [-0.3, -0.25) is 15.2 Å². The van der Waals surface area contributed by atoms with Gasteiger partial charge < -0.3 is 5.32 Å². The van der Waals surface area contributed by atoms with Gasteiger partial charge in [-0.15, -0.1) is 5.10 Å². The van der Waals surface area contributed by atoms with Crippen LogP contribution in [-0.4, -0.2) is 39.4 Å². The molecule has 0 unspecified atom stereocenters. The summed E-state index contributed by atoms with van der Waals surface area (Å²) in [6, 6.07) is 7.61. The van der Waals surface area contributed by atoms with Crippen molar-refractivity contribution in [2.75, 3.05) is 12.3 Å². The Morgan fingerprint density at radius 3 is 2.62 bits per heavy atom. The number of aryl methyl sites for hydroxylation is 1. The lowest BCUT2D eigenvalue weighted by Gasteiger charge is -2.07. The number of thioether (sulfide) groups is 1. The largest absolute Gasteiger partial charge is 0.338 e. The first-order valence-electron chi connectivity index (χ1n) is 8.70. The van der Waals surface area contributed by atoms with Gasteiger partial charge in [0.05, 0.1) is 5.75 Å². The number of nitrogens with zero attached hydrogens (tertiary/aromatic N) is 2. The number of aromatic nitrogens is 3. The van der Waals surface area contributed by atoms with Crippen molar-refractivity contribution in [3.8, 4) is 11.4 Å². The molecular weight excluding hydrogens is 350 g/mol. The molecule has 140 valence electrons. The molecule has 0 bridgehead atoms. The van der Waals surface area contributed by atoms with Crippen LogP contribution in [0.4, 0.5) is 4.79 Å². The highest BCUT2D eigenvalue weighted by Crippen LogP contribution is 2.19. The van der Waals surface area contributed by atoms with Gasteiger partial charge >= 0.3 is 6.03 Å². The van der Waals surface area contributed by atoms with Crippen LogP contribution in [0.25, 0.3) is 11.4 Å². The van der Waals surface area contributed by atoms with Crippen molar-refractivity contribution in [3.05, 3.63) is 29.8 Å². The molecule has 1 aromatic carbocycles. The van der Waals surface area contributed by atoms with Crippen LogP contribution in [0.5, 0.6) is 0 Å². The van der Waals surface area contributed by atoms with Crippen molar-refractivity contribution < 1.29 is 9.59 Å². The number of carbonyl (C=O) groups excluding carboxylic acids is 2. The quantitative estimate of drug-likeness (QED) is 0.616. The topological polar surface area (TPSA) is 99.8 Å². The molecule has 3 N–H and O–H groups in total. The van der Waals surface area contributed by atoms with Gasteiger partial charge in [-0.1, -0.05) is 56.8 Å². The van der Waals surface area contributed by atoms with Crippen molar-refractivity contribution in [3.63, 3.8) is 0 Å². The van der Waals surface area contributed by atoms with Crippen LogP contribution in [-0.2, 0) is 11.2 Å². The molecule has 2 rings (SSSR count). The number of urea groups is 1. The number of benzene rings is 1. The monoisotopic (exact) mass is 375 g/mol. The van der Waals surface area contributed by atoms with Gasteiger partial charge in [-0.2, -0.15) is 0 Å². The Morgan fingerprint density at radius 2 is 1.96 bits per heavy atom. The van der Waals surface area contributed by atoms with E-state index in [0.29, 0.717) is 23.4 Å². The van der Waals surface area contributed by atoms with Gasteiger partial charge in [0.2, 0.25) is 11.1 Å². The lowest BCUT2D eigenvalue weighted by Crippen LogP contribution is -2.40. The predicted octanol–water partition coefficient (Wildman–Crippen LogP) is 3.00. The van der Waals surface area contributed by atoms with E-state index in [0.717, 1.165) is 18.4 Å². The van der Waals surface area contributed by atoms with E-state index in [1.54, 1.807) is 0 Å². The minimum Gasteiger partial charge on any atom is -0.338 e. The van der Waals surface area contributed by atoms with Crippen LogP contribution in [0.2, 0.25) is 0 Å². The van der Waals surface area contributed by atoms with Crippen molar-refractivity contribution in [1.29, 1.82) is 0 Å². The maximum absolute atomic E-state index is 11.8. The van der Waals surface area contributed by atoms with Gasteiger partial charge in [0.15, 0.2) is 5.82 Å². The number of imide groups is 1. The van der Waals surface area contributed by atoms with Gasteiger partial charge in [-0.05, 0) is 24.3 Å². The molecular formula is C18H25N5O2S.